The van der Waals surface area contributed by atoms with Gasteiger partial charge >= 0.3 is 5.97 Å². The molecule has 13 atom stereocenters. The van der Waals surface area contributed by atoms with E-state index < -0.39 is 137 Å². The lowest BCUT2D eigenvalue weighted by molar-refractivity contribution is -0.348. The fourth-order valence-electron chi connectivity index (χ4n) is 8.70. The van der Waals surface area contributed by atoms with Crippen LogP contribution in [0, 0.1) is 6.92 Å². The maximum Gasteiger partial charge on any atom is 0.328 e. The van der Waals surface area contributed by atoms with Crippen molar-refractivity contribution < 1.29 is 88.5 Å². The predicted octanol–water partition coefficient (Wildman–Crippen LogP) is -0.135. The van der Waals surface area contributed by atoms with Gasteiger partial charge in [0.25, 0.3) is 5.91 Å². The molecule has 20 heteroatoms. The Kier molecular flexibility index (Phi) is 12.1. The molecule has 0 spiro atoms. The number of ether oxygens (including phenoxy) is 6. The minimum absolute atomic E-state index is 0.0255. The molecule has 62 heavy (non-hydrogen) atoms. The molecule has 2 fully saturated rings. The highest BCUT2D eigenvalue weighted by molar-refractivity contribution is 6.31. The number of phenolic OH excluding ortho intramolecular Hbond substituents is 3. The summed E-state index contributed by atoms with van der Waals surface area (Å²) in [6, 6.07) is 2.76. The molecule has 4 aliphatic rings. The van der Waals surface area contributed by atoms with Gasteiger partial charge in [-0.15, -0.1) is 0 Å². The predicted molar refractivity (Wildman–Crippen MR) is 210 cm³/mol. The van der Waals surface area contributed by atoms with E-state index in [9.17, 15) is 60.0 Å². The van der Waals surface area contributed by atoms with E-state index in [1.807, 2.05) is 0 Å². The van der Waals surface area contributed by atoms with Gasteiger partial charge in [-0.05, 0) is 63.6 Å². The van der Waals surface area contributed by atoms with E-state index in [1.54, 1.807) is 14.0 Å². The lowest BCUT2D eigenvalue weighted by atomic mass is 9.74. The zero-order valence-electron chi connectivity index (χ0n) is 34.5. The summed E-state index contributed by atoms with van der Waals surface area (Å²) < 4.78 is 34.1. The van der Waals surface area contributed by atoms with E-state index >= 15 is 0 Å². The monoisotopic (exact) mass is 868 g/mol. The number of hydrogen-bond acceptors (Lipinski definition) is 19. The number of carbonyl (C=O) groups excluding carboxylic acids is 4. The van der Waals surface area contributed by atoms with E-state index in [1.165, 1.54) is 40.0 Å². The minimum atomic E-state index is -1.88. The summed E-state index contributed by atoms with van der Waals surface area (Å²) in [5.74, 6) is -5.84. The zero-order chi connectivity index (χ0) is 45.4. The van der Waals surface area contributed by atoms with Crippen LogP contribution in [0.5, 0.6) is 23.0 Å². The Morgan fingerprint density at radius 2 is 1.35 bits per heavy atom. The van der Waals surface area contributed by atoms with Crippen LogP contribution in [0.15, 0.2) is 24.3 Å². The third kappa shape index (κ3) is 7.15. The number of fused-ring (bicyclic) bond motifs is 5. The Labute approximate surface area is 353 Å². The summed E-state index contributed by atoms with van der Waals surface area (Å²) in [4.78, 5) is 54.2. The Morgan fingerprint density at radius 1 is 0.742 bits per heavy atom. The Bertz CT molecular complexity index is 2330. The highest BCUT2D eigenvalue weighted by atomic mass is 16.7. The fraction of sp³-hybridized carbons (Fsp3) is 0.476. The number of hydrogen-bond donors (Lipinski definition) is 10. The van der Waals surface area contributed by atoms with Gasteiger partial charge in [0.15, 0.2) is 24.1 Å². The van der Waals surface area contributed by atoms with Crippen LogP contribution in [0.25, 0.3) is 11.1 Å². The number of rotatable bonds is 9. The zero-order valence-corrected chi connectivity index (χ0v) is 34.5. The van der Waals surface area contributed by atoms with Gasteiger partial charge in [-0.1, -0.05) is 6.07 Å². The van der Waals surface area contributed by atoms with E-state index in [0.29, 0.717) is 0 Å². The summed E-state index contributed by atoms with van der Waals surface area (Å²) in [5, 5.41) is 96.0. The number of carbonyl (C=O) groups is 4. The lowest BCUT2D eigenvalue weighted by Crippen LogP contribution is -2.66. The van der Waals surface area contributed by atoms with Gasteiger partial charge in [0.2, 0.25) is 0 Å². The van der Waals surface area contributed by atoms with E-state index in [4.69, 9.17) is 28.4 Å². The molecule has 20 nitrogen and oxygen atoms in total. The second-order valence-electron chi connectivity index (χ2n) is 15.7. The molecule has 13 unspecified atom stereocenters. The smallest absolute Gasteiger partial charge is 0.328 e. The quantitative estimate of drug-likeness (QED) is 0.0980. The number of aliphatic hydroxyl groups excluding tert-OH is 5. The van der Waals surface area contributed by atoms with Gasteiger partial charge in [0, 0.05) is 28.3 Å². The highest BCUT2D eigenvalue weighted by Gasteiger charge is 2.52. The largest absolute Gasteiger partial charge is 0.507 e. The molecule has 2 heterocycles. The number of benzene rings is 3. The van der Waals surface area contributed by atoms with Crippen molar-refractivity contribution >= 4 is 23.4 Å². The average molecular weight is 869 g/mol. The molecule has 0 aromatic heterocycles. The number of esters is 1. The van der Waals surface area contributed by atoms with Crippen molar-refractivity contribution in [2.24, 2.45) is 0 Å². The van der Waals surface area contributed by atoms with Crippen LogP contribution >= 0.6 is 0 Å². The number of aryl methyl sites for hydroxylation is 1. The Balaban J connectivity index is 1.36. The second-order valence-corrected chi connectivity index (χ2v) is 15.7. The molecule has 3 aromatic rings. The van der Waals surface area contributed by atoms with E-state index in [-0.39, 0.29) is 44.7 Å². The lowest BCUT2D eigenvalue weighted by Gasteiger charge is -2.48. The maximum atomic E-state index is 14.1. The first-order chi connectivity index (χ1) is 29.3. The van der Waals surface area contributed by atoms with Gasteiger partial charge in [-0.3, -0.25) is 14.4 Å². The summed E-state index contributed by atoms with van der Waals surface area (Å²) in [6.45, 7) is 5.82. The second kappa shape index (κ2) is 16.8. The van der Waals surface area contributed by atoms with Crippen LogP contribution in [-0.2, 0) is 28.5 Å². The van der Waals surface area contributed by atoms with Crippen LogP contribution in [0.4, 0.5) is 0 Å². The molecule has 7 rings (SSSR count). The molecule has 2 aliphatic heterocycles. The molecular formula is C42H48N2O18. The minimum Gasteiger partial charge on any atom is -0.507 e. The number of phenols is 3. The van der Waals surface area contributed by atoms with Crippen LogP contribution < -0.4 is 15.4 Å². The third-order valence-electron chi connectivity index (χ3n) is 12.0. The topological polar surface area (TPSA) is 310 Å². The van der Waals surface area contributed by atoms with Crippen LogP contribution in [-0.4, -0.2) is 153 Å². The first-order valence-electron chi connectivity index (χ1n) is 19.6. The summed E-state index contributed by atoms with van der Waals surface area (Å²) in [5.41, 5.74) is -3.09. The van der Waals surface area contributed by atoms with Crippen LogP contribution in [0.1, 0.15) is 91.9 Å². The van der Waals surface area contributed by atoms with Crippen molar-refractivity contribution in [1.29, 1.82) is 0 Å². The van der Waals surface area contributed by atoms with Crippen molar-refractivity contribution in [2.75, 3.05) is 21.3 Å². The standard InChI is InChI=1S/C42H48N2O18/c1-12-8-20-25(32(50)22(12)39(55)44-13(2)40(56)58-7)24-18(11-19-26(33(24)51)30(48)17-9-16(57-6)10-21(45)23(17)29(19)47)31(49)37(20)61-42-36(54)38(27(43-5)14(3)59-42)62-41-35(53)34(52)28(46)15(4)60-41/h8-11,13-15,27-28,31,34-38,41-43,45-46,49-54H,1-7H3,(H,44,55). The molecule has 2 saturated heterocycles. The van der Waals surface area contributed by atoms with Gasteiger partial charge in [-0.2, -0.15) is 0 Å². The van der Waals surface area contributed by atoms with Crippen LogP contribution in [0.3, 0.4) is 0 Å². The molecule has 3 aromatic carbocycles. The normalized spacial score (nSPS) is 30.6. The number of likely N-dealkylation sites (N-methyl/N-ethyl adjacent to an activating group) is 1. The van der Waals surface area contributed by atoms with Gasteiger partial charge in [-0.25, -0.2) is 4.79 Å². The molecule has 0 radical (unpaired) electrons. The number of aliphatic hydroxyl groups is 5. The molecule has 334 valence electrons. The van der Waals surface area contributed by atoms with Gasteiger partial charge < -0.3 is 79.9 Å². The average Bonchev–Trinajstić information content (AvgIpc) is 3.23. The number of amides is 1. The van der Waals surface area contributed by atoms with Gasteiger partial charge in [0.05, 0.1) is 49.2 Å². The number of methoxy groups -OCH3 is 2. The molecule has 1 amide bonds. The number of nitrogens with one attached hydrogen (secondary N) is 2. The summed E-state index contributed by atoms with van der Waals surface area (Å²) in [7, 11) is 3.94. The third-order valence-corrected chi connectivity index (χ3v) is 12.0. The summed E-state index contributed by atoms with van der Waals surface area (Å²) in [6.07, 6.45) is -16.5. The molecule has 0 saturated carbocycles. The van der Waals surface area contributed by atoms with Gasteiger partial charge in [0.1, 0.15) is 71.8 Å². The molecule has 0 bridgehead atoms. The fourth-order valence-corrected chi connectivity index (χ4v) is 8.70. The van der Waals surface area contributed by atoms with Crippen LogP contribution in [0.2, 0.25) is 0 Å². The SMILES string of the molecule is CNC1C(C)OC(OC2c3cc(C)c(C(=O)NC(C)C(=O)OC)c(O)c3-c3c(cc4c(c3O)C(=O)c3cc(OC)cc(O)c3C4=O)C2O)C(O)C1OC1OC(C)C(O)C(O)C1O. The Hall–Kier alpha value is -5.26. The van der Waals surface area contributed by atoms with Crippen molar-refractivity contribution in [2.45, 2.75) is 107 Å². The number of ketones is 2. The summed E-state index contributed by atoms with van der Waals surface area (Å²) >= 11 is 0. The molecular weight excluding hydrogens is 820 g/mol. The first-order valence-corrected chi connectivity index (χ1v) is 19.6. The van der Waals surface area contributed by atoms with E-state index in [2.05, 4.69) is 10.6 Å². The first kappa shape index (κ1) is 44.8. The Morgan fingerprint density at radius 3 is 2.00 bits per heavy atom. The van der Waals surface area contributed by atoms with Crippen molar-refractivity contribution in [3.05, 3.63) is 68.8 Å². The maximum absolute atomic E-state index is 14.1. The highest BCUT2D eigenvalue weighted by Crippen LogP contribution is 2.57. The van der Waals surface area contributed by atoms with E-state index in [0.717, 1.165) is 19.2 Å². The molecule has 2 aliphatic carbocycles. The van der Waals surface area contributed by atoms with Crippen molar-refractivity contribution in [3.63, 3.8) is 0 Å². The molecule has 10 N–H and O–H groups in total. The van der Waals surface area contributed by atoms with Crippen molar-refractivity contribution in [1.82, 2.24) is 10.6 Å². The van der Waals surface area contributed by atoms with Crippen molar-refractivity contribution in [3.8, 4) is 34.1 Å². The number of aromatic hydroxyl groups is 3.